The predicted octanol–water partition coefficient (Wildman–Crippen LogP) is 22.4. The maximum Gasteiger partial charge on any atom is 0.103 e. The molecule has 8 unspecified atom stereocenters. The van der Waals surface area contributed by atoms with E-state index in [0.717, 1.165) is 138 Å². The molecule has 0 radical (unpaired) electrons. The van der Waals surface area contributed by atoms with Gasteiger partial charge in [-0.1, -0.05) is 157 Å². The van der Waals surface area contributed by atoms with Crippen LogP contribution in [0.15, 0.2) is 0 Å². The van der Waals surface area contributed by atoms with Crippen molar-refractivity contribution in [2.24, 2.45) is 128 Å². The molecule has 0 spiro atoms. The Kier molecular flexibility index (Phi) is 27.5. The standard InChI is InChI=1S/C13H22.C11H20.C10H20O.C9H18O.C9H18.C8H15F.C8H16O.C8H14/c1-9(2)13-6-10-3-11(7-13)5-12(4-10)8-13;1-9(2)11-6-4-10(3,8-11)5-7-11;1-8(2)9-4-6-10(3,11)7-5-9;1-7(2)8-5-3-4-6-9(8)10;1-7(2)9-5-4-8(3)6-9;2*1-6(2)7-4-3-5-8(7)9;1-6(2)8-3-7(4-8)5-8/h9-12H,3-8H2,1-2H3;9H,4-8H2,1-3H3;8-9,11H,4-7H2,1-3H3;7-10H,3-6H2,1-2H3;7-9H,4-6H2,1-3H3;6-8H,3-5H2,1-2H3;6-9H,3-5H2,1-2H3;6-7H,3-5H2,1-2H3. The predicted molar refractivity (Wildman–Crippen MR) is 345 cm³/mol. The zero-order valence-electron chi connectivity index (χ0n) is 57.3. The summed E-state index contributed by atoms with van der Waals surface area (Å²) in [5.74, 6) is 15.4. The number of hydrogen-bond acceptors (Lipinski definition) is 3. The van der Waals surface area contributed by atoms with Crippen LogP contribution in [0.4, 0.5) is 4.39 Å². The van der Waals surface area contributed by atoms with E-state index in [2.05, 4.69) is 125 Å². The fraction of sp³-hybridized carbons (Fsp3) is 1.00. The summed E-state index contributed by atoms with van der Waals surface area (Å²) in [6.07, 6.45) is 41.4. The van der Waals surface area contributed by atoms with Crippen LogP contribution in [0.1, 0.15) is 331 Å². The minimum absolute atomic E-state index is 0.00463. The molecular formula is C76H143FO3. The van der Waals surface area contributed by atoms with Crippen molar-refractivity contribution >= 4 is 0 Å². The second-order valence-corrected chi connectivity index (χ2v) is 35.0. The van der Waals surface area contributed by atoms with Crippen LogP contribution in [0.5, 0.6) is 0 Å². The molecule has 3 N–H and O–H groups in total. The molecule has 14 rings (SSSR count). The number of hydrogen-bond donors (Lipinski definition) is 3. The van der Waals surface area contributed by atoms with Gasteiger partial charge in [0.15, 0.2) is 0 Å². The Morgan fingerprint density at radius 3 is 1.01 bits per heavy atom. The molecule has 4 heteroatoms. The number of fused-ring (bicyclic) bond motifs is 2. The summed E-state index contributed by atoms with van der Waals surface area (Å²) >= 11 is 0. The molecule has 472 valence electrons. The third-order valence-corrected chi connectivity index (χ3v) is 26.2. The minimum atomic E-state index is -0.495. The van der Waals surface area contributed by atoms with Gasteiger partial charge in [0.25, 0.3) is 0 Å². The van der Waals surface area contributed by atoms with E-state index in [1.54, 1.807) is 57.8 Å². The van der Waals surface area contributed by atoms with E-state index in [0.29, 0.717) is 35.5 Å². The third-order valence-electron chi connectivity index (χ3n) is 26.2. The summed E-state index contributed by atoms with van der Waals surface area (Å²) in [4.78, 5) is 0. The van der Waals surface area contributed by atoms with Crippen molar-refractivity contribution in [3.05, 3.63) is 0 Å². The highest BCUT2D eigenvalue weighted by atomic mass is 19.1. The first kappa shape index (κ1) is 70.6. The van der Waals surface area contributed by atoms with Crippen LogP contribution in [0.3, 0.4) is 0 Å². The summed E-state index contributed by atoms with van der Waals surface area (Å²) in [7, 11) is 0. The van der Waals surface area contributed by atoms with Crippen molar-refractivity contribution in [1.29, 1.82) is 0 Å². The molecule has 0 aromatic heterocycles. The lowest BCUT2D eigenvalue weighted by molar-refractivity contribution is -0.141. The summed E-state index contributed by atoms with van der Waals surface area (Å²) in [5.41, 5.74) is 2.84. The molecule has 8 atom stereocenters. The molecule has 14 fully saturated rings. The van der Waals surface area contributed by atoms with Crippen LogP contribution in [-0.4, -0.2) is 39.3 Å². The molecule has 0 aromatic rings. The van der Waals surface area contributed by atoms with Gasteiger partial charge in [-0.05, 0) is 302 Å². The monoisotopic (exact) mass is 1120 g/mol. The van der Waals surface area contributed by atoms with Crippen LogP contribution in [0.2, 0.25) is 0 Å². The second kappa shape index (κ2) is 31.1. The molecule has 3 nitrogen and oxygen atoms in total. The van der Waals surface area contributed by atoms with Crippen molar-refractivity contribution in [3.63, 3.8) is 0 Å². The Balaban J connectivity index is 0.000000169. The molecule has 14 aliphatic rings. The van der Waals surface area contributed by atoms with E-state index in [4.69, 9.17) is 0 Å². The molecule has 80 heavy (non-hydrogen) atoms. The van der Waals surface area contributed by atoms with Gasteiger partial charge in [0.05, 0.1) is 17.8 Å². The lowest BCUT2D eigenvalue weighted by atomic mass is 9.41. The van der Waals surface area contributed by atoms with Crippen molar-refractivity contribution in [1.82, 2.24) is 0 Å². The van der Waals surface area contributed by atoms with Gasteiger partial charge in [0.2, 0.25) is 0 Å². The SMILES string of the molecule is CC(C)C12CC(C1)C2.CC(C)C12CC3CC(CC(C3)C1)C2.CC(C)C12CCC(C)(CC1)C2.CC(C)C1CCC(C)(O)CC1.CC(C)C1CCCC1F.CC(C)C1CCCC1O.CC(C)C1CCCCC1O.CC1CCC(C(C)C)C1. The van der Waals surface area contributed by atoms with E-state index in [9.17, 15) is 19.7 Å². The summed E-state index contributed by atoms with van der Waals surface area (Å²) in [5, 5.41) is 28.6. The highest BCUT2D eigenvalue weighted by molar-refractivity contribution is 5.08. The van der Waals surface area contributed by atoms with Crippen LogP contribution >= 0.6 is 0 Å². The van der Waals surface area contributed by atoms with Gasteiger partial charge in [-0.2, -0.15) is 0 Å². The molecular weight excluding hydrogens is 980 g/mol. The average Bonchev–Trinajstić information content (AvgIpc) is 4.20. The quantitative estimate of drug-likeness (QED) is 0.227. The molecule has 0 heterocycles. The highest BCUT2D eigenvalue weighted by Gasteiger charge is 2.58. The number of halogens is 1. The van der Waals surface area contributed by atoms with Crippen molar-refractivity contribution < 1.29 is 19.7 Å². The van der Waals surface area contributed by atoms with Crippen LogP contribution in [-0.2, 0) is 0 Å². The largest absolute Gasteiger partial charge is 0.393 e. The number of alkyl halides is 1. The van der Waals surface area contributed by atoms with Crippen molar-refractivity contribution in [2.75, 3.05) is 0 Å². The number of rotatable bonds is 8. The van der Waals surface area contributed by atoms with Gasteiger partial charge in [0.1, 0.15) is 6.17 Å². The van der Waals surface area contributed by atoms with E-state index >= 15 is 0 Å². The molecule has 0 saturated heterocycles. The molecule has 8 bridgehead atoms. The number of aliphatic hydroxyl groups is 3. The maximum atomic E-state index is 12.8. The first-order chi connectivity index (χ1) is 37.3. The van der Waals surface area contributed by atoms with Gasteiger partial charge >= 0.3 is 0 Å². The first-order valence-electron chi connectivity index (χ1n) is 36.1. The molecule has 0 aromatic carbocycles. The molecule has 14 aliphatic carbocycles. The van der Waals surface area contributed by atoms with Gasteiger partial charge in [-0.25, -0.2) is 4.39 Å². The molecule has 14 saturated carbocycles. The van der Waals surface area contributed by atoms with Gasteiger partial charge in [-0.3, -0.25) is 0 Å². The van der Waals surface area contributed by atoms with E-state index in [1.807, 2.05) is 6.92 Å². The highest BCUT2D eigenvalue weighted by Crippen LogP contribution is 2.68. The van der Waals surface area contributed by atoms with Crippen molar-refractivity contribution in [2.45, 2.75) is 355 Å². The number of aliphatic hydroxyl groups excluding tert-OH is 2. The second-order valence-electron chi connectivity index (χ2n) is 35.0. The lowest BCUT2D eigenvalue weighted by Gasteiger charge is -2.64. The summed E-state index contributed by atoms with van der Waals surface area (Å²) in [6, 6.07) is 0. The minimum Gasteiger partial charge on any atom is -0.393 e. The molecule has 0 amide bonds. The third kappa shape index (κ3) is 19.9. The zero-order chi connectivity index (χ0) is 59.5. The Morgan fingerprint density at radius 1 is 0.375 bits per heavy atom. The Hall–Kier alpha value is -0.190. The van der Waals surface area contributed by atoms with Crippen LogP contribution in [0.25, 0.3) is 0 Å². The van der Waals surface area contributed by atoms with E-state index in [1.165, 1.54) is 96.3 Å². The van der Waals surface area contributed by atoms with Gasteiger partial charge in [-0.15, -0.1) is 0 Å². The Morgan fingerprint density at radius 2 is 0.762 bits per heavy atom. The lowest BCUT2D eigenvalue weighted by Crippen LogP contribution is -2.54. The summed E-state index contributed by atoms with van der Waals surface area (Å²) < 4.78 is 12.8. The van der Waals surface area contributed by atoms with Gasteiger partial charge < -0.3 is 15.3 Å². The van der Waals surface area contributed by atoms with E-state index < -0.39 is 6.17 Å². The first-order valence-corrected chi connectivity index (χ1v) is 36.1. The van der Waals surface area contributed by atoms with Crippen LogP contribution < -0.4 is 0 Å². The normalized spacial score (nSPS) is 42.4. The maximum absolute atomic E-state index is 12.8. The smallest absolute Gasteiger partial charge is 0.103 e. The zero-order valence-corrected chi connectivity index (χ0v) is 57.3. The fourth-order valence-electron chi connectivity index (χ4n) is 19.6. The fourth-order valence-corrected chi connectivity index (χ4v) is 19.6. The topological polar surface area (TPSA) is 60.7 Å². The Labute approximate surface area is 500 Å². The van der Waals surface area contributed by atoms with Gasteiger partial charge in [0, 0.05) is 0 Å². The van der Waals surface area contributed by atoms with Crippen molar-refractivity contribution in [3.8, 4) is 0 Å². The van der Waals surface area contributed by atoms with Crippen LogP contribution in [0, 0.1) is 128 Å². The average molecular weight is 1120 g/mol. The van der Waals surface area contributed by atoms with E-state index in [-0.39, 0.29) is 17.8 Å². The summed E-state index contributed by atoms with van der Waals surface area (Å²) in [6.45, 7) is 43.6. The Bertz CT molecular complexity index is 1630. The molecule has 0 aliphatic heterocycles.